The molecule has 3 heterocycles. The largest absolute Gasteiger partial charge is 0.496 e. The van der Waals surface area contributed by atoms with Gasteiger partial charge in [0, 0.05) is 35.6 Å². The normalized spacial score (nSPS) is 11.4. The maximum absolute atomic E-state index is 5.46. The lowest BCUT2D eigenvalue weighted by Gasteiger charge is -2.08. The van der Waals surface area contributed by atoms with Gasteiger partial charge in [-0.2, -0.15) is 10.2 Å². The van der Waals surface area contributed by atoms with Crippen molar-refractivity contribution >= 4 is 21.8 Å². The summed E-state index contributed by atoms with van der Waals surface area (Å²) in [5, 5.41) is 14.0. The van der Waals surface area contributed by atoms with Gasteiger partial charge in [-0.3, -0.25) is 14.8 Å². The number of ether oxygens (including phenoxy) is 1. The average Bonchev–Trinajstić information content (AvgIpc) is 3.36. The fourth-order valence-electron chi connectivity index (χ4n) is 3.71. The van der Waals surface area contributed by atoms with E-state index in [1.54, 1.807) is 13.3 Å². The zero-order valence-electron chi connectivity index (χ0n) is 15.9. The minimum absolute atomic E-state index is 0.841. The van der Waals surface area contributed by atoms with Crippen LogP contribution >= 0.6 is 0 Å². The van der Waals surface area contributed by atoms with Crippen molar-refractivity contribution in [2.45, 2.75) is 6.92 Å². The lowest BCUT2D eigenvalue weighted by molar-refractivity contribution is 0.412. The second-order valence-corrected chi connectivity index (χ2v) is 6.88. The first-order valence-electron chi connectivity index (χ1n) is 9.06. The fraction of sp³-hybridized carbons (Fsp3) is 0.136. The van der Waals surface area contributed by atoms with E-state index in [9.17, 15) is 0 Å². The molecule has 6 heteroatoms. The Morgan fingerprint density at radius 2 is 1.82 bits per heavy atom. The number of aryl methyl sites for hydroxylation is 2. The van der Waals surface area contributed by atoms with Crippen molar-refractivity contribution in [1.29, 1.82) is 0 Å². The first-order chi connectivity index (χ1) is 13.7. The van der Waals surface area contributed by atoms with Gasteiger partial charge < -0.3 is 4.74 Å². The Bertz CT molecular complexity index is 1300. The Kier molecular flexibility index (Phi) is 3.65. The van der Waals surface area contributed by atoms with E-state index in [4.69, 9.17) is 9.84 Å². The number of methoxy groups -OCH3 is 1. The van der Waals surface area contributed by atoms with Crippen LogP contribution in [0.15, 0.2) is 54.9 Å². The van der Waals surface area contributed by atoms with E-state index in [-0.39, 0.29) is 0 Å². The molecule has 6 nitrogen and oxygen atoms in total. The molecule has 0 unspecified atom stereocenters. The van der Waals surface area contributed by atoms with E-state index < -0.39 is 0 Å². The van der Waals surface area contributed by atoms with Gasteiger partial charge in [0.25, 0.3) is 0 Å². The molecular weight excluding hydrogens is 350 g/mol. The smallest absolute Gasteiger partial charge is 0.123 e. The third-order valence-corrected chi connectivity index (χ3v) is 5.17. The second-order valence-electron chi connectivity index (χ2n) is 6.88. The van der Waals surface area contributed by atoms with Crippen molar-refractivity contribution in [1.82, 2.24) is 25.0 Å². The van der Waals surface area contributed by atoms with Gasteiger partial charge in [-0.1, -0.05) is 24.3 Å². The number of nitrogens with one attached hydrogen (secondary N) is 1. The molecule has 2 aromatic carbocycles. The van der Waals surface area contributed by atoms with Crippen molar-refractivity contribution in [2.75, 3.05) is 7.11 Å². The fourth-order valence-corrected chi connectivity index (χ4v) is 3.71. The molecule has 5 aromatic rings. The highest BCUT2D eigenvalue weighted by molar-refractivity contribution is 6.11. The van der Waals surface area contributed by atoms with E-state index in [1.807, 2.05) is 37.0 Å². The predicted octanol–water partition coefficient (Wildman–Crippen LogP) is 4.50. The molecule has 0 saturated heterocycles. The topological polar surface area (TPSA) is 68.6 Å². The Morgan fingerprint density at radius 3 is 2.54 bits per heavy atom. The Labute approximate surface area is 161 Å². The summed E-state index contributed by atoms with van der Waals surface area (Å²) in [7, 11) is 3.64. The lowest BCUT2D eigenvalue weighted by atomic mass is 10.0. The average molecular weight is 369 g/mol. The maximum Gasteiger partial charge on any atom is 0.123 e. The number of rotatable bonds is 3. The van der Waals surface area contributed by atoms with E-state index in [2.05, 4.69) is 45.5 Å². The minimum Gasteiger partial charge on any atom is -0.496 e. The van der Waals surface area contributed by atoms with Crippen LogP contribution < -0.4 is 4.74 Å². The van der Waals surface area contributed by atoms with Gasteiger partial charge in [0.05, 0.1) is 30.0 Å². The monoisotopic (exact) mass is 369 g/mol. The molecule has 0 fully saturated rings. The third kappa shape index (κ3) is 2.45. The molecule has 3 aromatic heterocycles. The molecule has 0 aliphatic heterocycles. The first-order valence-corrected chi connectivity index (χ1v) is 9.06. The van der Waals surface area contributed by atoms with Gasteiger partial charge in [-0.05, 0) is 30.2 Å². The van der Waals surface area contributed by atoms with Crippen molar-refractivity contribution in [2.24, 2.45) is 7.05 Å². The van der Waals surface area contributed by atoms with Crippen LogP contribution in [0, 0.1) is 6.92 Å². The maximum atomic E-state index is 5.46. The van der Waals surface area contributed by atoms with Gasteiger partial charge in [0.15, 0.2) is 0 Å². The summed E-state index contributed by atoms with van der Waals surface area (Å²) >= 11 is 0. The van der Waals surface area contributed by atoms with Crippen molar-refractivity contribution in [3.8, 4) is 28.3 Å². The first kappa shape index (κ1) is 16.5. The van der Waals surface area contributed by atoms with E-state index in [0.29, 0.717) is 0 Å². The molecule has 5 rings (SSSR count). The molecule has 0 atom stereocenters. The van der Waals surface area contributed by atoms with E-state index in [1.165, 1.54) is 0 Å². The highest BCUT2D eigenvalue weighted by Crippen LogP contribution is 2.35. The molecule has 138 valence electrons. The van der Waals surface area contributed by atoms with E-state index >= 15 is 0 Å². The SMILES string of the molecule is COc1cc2ncc3c(c(-c4ccc(-c5ccn[nH]5)cc4)nn3C)c2cc1C. The van der Waals surface area contributed by atoms with Crippen LogP contribution in [-0.4, -0.2) is 32.1 Å². The van der Waals surface area contributed by atoms with Gasteiger partial charge in [-0.25, -0.2) is 0 Å². The molecular formula is C22H19N5O. The van der Waals surface area contributed by atoms with Crippen molar-refractivity contribution < 1.29 is 4.74 Å². The second kappa shape index (κ2) is 6.20. The standard InChI is InChI=1S/C22H19N5O/c1-13-10-16-18(11-20(13)28-3)23-12-19-21(16)22(26-27(19)2)15-6-4-14(5-7-15)17-8-9-24-25-17/h4-12H,1-3H3,(H,24,25). The van der Waals surface area contributed by atoms with Gasteiger partial charge in [-0.15, -0.1) is 0 Å². The van der Waals surface area contributed by atoms with Crippen LogP contribution in [0.1, 0.15) is 5.56 Å². The number of hydrogen-bond donors (Lipinski definition) is 1. The van der Waals surface area contributed by atoms with Crippen LogP contribution in [0.25, 0.3) is 44.3 Å². The molecule has 1 N–H and O–H groups in total. The van der Waals surface area contributed by atoms with Crippen LogP contribution in [0.2, 0.25) is 0 Å². The Morgan fingerprint density at radius 1 is 1.04 bits per heavy atom. The third-order valence-electron chi connectivity index (χ3n) is 5.17. The molecule has 0 radical (unpaired) electrons. The van der Waals surface area contributed by atoms with Crippen LogP contribution in [0.5, 0.6) is 5.75 Å². The minimum atomic E-state index is 0.841. The highest BCUT2D eigenvalue weighted by Gasteiger charge is 2.16. The number of benzene rings is 2. The summed E-state index contributed by atoms with van der Waals surface area (Å²) in [5.74, 6) is 0.841. The van der Waals surface area contributed by atoms with Crippen LogP contribution in [-0.2, 0) is 7.05 Å². The summed E-state index contributed by atoms with van der Waals surface area (Å²) in [4.78, 5) is 4.62. The number of aromatic amines is 1. The summed E-state index contributed by atoms with van der Waals surface area (Å²) < 4.78 is 7.35. The molecule has 0 aliphatic rings. The molecule has 0 amide bonds. The number of aromatic nitrogens is 5. The number of nitrogens with zero attached hydrogens (tertiary/aromatic N) is 4. The Balaban J connectivity index is 1.74. The molecule has 0 aliphatic carbocycles. The highest BCUT2D eigenvalue weighted by atomic mass is 16.5. The molecule has 0 spiro atoms. The van der Waals surface area contributed by atoms with Crippen molar-refractivity contribution in [3.63, 3.8) is 0 Å². The lowest BCUT2D eigenvalue weighted by Crippen LogP contribution is -1.91. The number of hydrogen-bond acceptors (Lipinski definition) is 4. The molecule has 0 bridgehead atoms. The quantitative estimate of drug-likeness (QED) is 0.508. The van der Waals surface area contributed by atoms with Crippen LogP contribution in [0.3, 0.4) is 0 Å². The van der Waals surface area contributed by atoms with E-state index in [0.717, 1.165) is 55.6 Å². The summed E-state index contributed by atoms with van der Waals surface area (Å²) in [6, 6.07) is 14.4. The van der Waals surface area contributed by atoms with Gasteiger partial charge in [0.1, 0.15) is 11.4 Å². The zero-order chi connectivity index (χ0) is 19.3. The molecule has 28 heavy (non-hydrogen) atoms. The molecule has 0 saturated carbocycles. The summed E-state index contributed by atoms with van der Waals surface area (Å²) in [6.45, 7) is 2.05. The van der Waals surface area contributed by atoms with Crippen LogP contribution in [0.4, 0.5) is 0 Å². The van der Waals surface area contributed by atoms with Gasteiger partial charge >= 0.3 is 0 Å². The summed E-state index contributed by atoms with van der Waals surface area (Å²) in [5.41, 5.74) is 7.08. The zero-order valence-corrected chi connectivity index (χ0v) is 15.9. The summed E-state index contributed by atoms with van der Waals surface area (Å²) in [6.07, 6.45) is 3.63. The van der Waals surface area contributed by atoms with Gasteiger partial charge in [0.2, 0.25) is 0 Å². The van der Waals surface area contributed by atoms with Crippen molar-refractivity contribution in [3.05, 3.63) is 60.4 Å². The Hall–Kier alpha value is -3.67. The number of pyridine rings is 1. The predicted molar refractivity (Wildman–Crippen MR) is 110 cm³/mol. The number of H-pyrrole nitrogens is 1. The number of fused-ring (bicyclic) bond motifs is 3.